The fourth-order valence-corrected chi connectivity index (χ4v) is 8.89. The lowest BCUT2D eigenvalue weighted by Gasteiger charge is -2.13. The molecule has 0 spiro atoms. The zero-order valence-corrected chi connectivity index (χ0v) is 33.3. The topological polar surface area (TPSA) is 14.8 Å². The van der Waals surface area contributed by atoms with Crippen LogP contribution < -0.4 is 0 Å². The van der Waals surface area contributed by atoms with E-state index in [1.165, 1.54) is 77.0 Å². The minimum absolute atomic E-state index is 1.10. The first kappa shape index (κ1) is 35.8. The third-order valence-corrected chi connectivity index (χ3v) is 11.9. The first-order valence-electron chi connectivity index (χ1n) is 20.2. The molecular weight excluding hydrogens is 715 g/mol. The highest BCUT2D eigenvalue weighted by atomic mass is 15.0. The maximum atomic E-state index is 3.92. The molecule has 3 heteroatoms. The summed E-state index contributed by atoms with van der Waals surface area (Å²) in [5, 5.41) is 4.95. The Bertz CT molecular complexity index is 3250. The van der Waals surface area contributed by atoms with Gasteiger partial charge in [0.1, 0.15) is 0 Å². The summed E-state index contributed by atoms with van der Waals surface area (Å²) in [4.78, 5) is 0. The van der Waals surface area contributed by atoms with Gasteiger partial charge in [0.15, 0.2) is 0 Å². The second kappa shape index (κ2) is 14.7. The molecule has 0 aliphatic rings. The zero-order valence-electron chi connectivity index (χ0n) is 33.3. The molecule has 3 aromatic heterocycles. The Balaban J connectivity index is 1.06. The van der Waals surface area contributed by atoms with Crippen LogP contribution in [-0.4, -0.2) is 13.7 Å². The summed E-state index contributed by atoms with van der Waals surface area (Å²) in [6.07, 6.45) is 11.9. The van der Waals surface area contributed by atoms with Crippen molar-refractivity contribution >= 4 is 55.8 Å². The van der Waals surface area contributed by atoms with Crippen LogP contribution in [0.3, 0.4) is 0 Å². The van der Waals surface area contributed by atoms with Gasteiger partial charge >= 0.3 is 0 Å². The number of allylic oxidation sites excluding steroid dienone is 4. The minimum Gasteiger partial charge on any atom is -0.310 e. The van der Waals surface area contributed by atoms with Crippen LogP contribution in [0.4, 0.5) is 0 Å². The van der Waals surface area contributed by atoms with Gasteiger partial charge in [-0.1, -0.05) is 128 Å². The summed E-state index contributed by atoms with van der Waals surface area (Å²) in [6, 6.07) is 59.8. The number of benzene rings is 7. The Morgan fingerprint density at radius 3 is 1.20 bits per heavy atom. The minimum atomic E-state index is 1.10. The molecule has 0 N–H and O–H groups in total. The molecule has 0 aliphatic carbocycles. The summed E-state index contributed by atoms with van der Waals surface area (Å²) in [6.45, 7) is 12.2. The first-order valence-corrected chi connectivity index (χ1v) is 20.2. The summed E-state index contributed by atoms with van der Waals surface area (Å²) >= 11 is 0. The van der Waals surface area contributed by atoms with Gasteiger partial charge in [-0.3, -0.25) is 0 Å². The predicted octanol–water partition coefficient (Wildman–Crippen LogP) is 15.0. The third kappa shape index (κ3) is 5.98. The molecule has 59 heavy (non-hydrogen) atoms. The van der Waals surface area contributed by atoms with E-state index in [4.69, 9.17) is 0 Å². The van der Waals surface area contributed by atoms with E-state index in [0.29, 0.717) is 0 Å². The van der Waals surface area contributed by atoms with Gasteiger partial charge < -0.3 is 13.7 Å². The molecule has 3 heterocycles. The van der Waals surface area contributed by atoms with E-state index in [0.717, 1.165) is 28.5 Å². The summed E-state index contributed by atoms with van der Waals surface area (Å²) in [5.41, 5.74) is 17.7. The maximum Gasteiger partial charge on any atom is 0.0541 e. The van der Waals surface area contributed by atoms with Crippen LogP contribution in [0, 0.1) is 13.8 Å². The summed E-state index contributed by atoms with van der Waals surface area (Å²) in [5.74, 6) is 0. The quantitative estimate of drug-likeness (QED) is 0.130. The van der Waals surface area contributed by atoms with Crippen LogP contribution in [0.1, 0.15) is 22.5 Å². The van der Waals surface area contributed by atoms with E-state index in [2.05, 4.69) is 217 Å². The van der Waals surface area contributed by atoms with Crippen molar-refractivity contribution in [3.63, 3.8) is 0 Å². The van der Waals surface area contributed by atoms with Crippen molar-refractivity contribution < 1.29 is 0 Å². The van der Waals surface area contributed by atoms with Crippen molar-refractivity contribution in [2.45, 2.75) is 13.8 Å². The standard InChI is InChI=1S/C56H43N3/c1-5-7-20-51-38(3)39(4)52(21-8-6-2)57(51)45-30-32-46(33-31-45)59-54-23-15-13-19-48(54)50-37-43(27-35-56(50)59)42-26-34-55-49(36-42)47-18-12-14-22-53(47)58(55)44-28-24-41(25-29-44)40-16-10-9-11-17-40/h5-37H,1-2H2,3-4H3/b20-7-,21-8-. The van der Waals surface area contributed by atoms with Gasteiger partial charge in [0.05, 0.1) is 22.1 Å². The van der Waals surface area contributed by atoms with Crippen molar-refractivity contribution in [1.29, 1.82) is 0 Å². The number of hydrogen-bond donors (Lipinski definition) is 0. The van der Waals surface area contributed by atoms with Gasteiger partial charge in [-0.25, -0.2) is 0 Å². The Labute approximate surface area is 345 Å². The number of hydrogen-bond acceptors (Lipinski definition) is 0. The van der Waals surface area contributed by atoms with Gasteiger partial charge in [0, 0.05) is 50.0 Å². The average molecular weight is 758 g/mol. The van der Waals surface area contributed by atoms with E-state index in [-0.39, 0.29) is 0 Å². The van der Waals surface area contributed by atoms with Gasteiger partial charge in [-0.2, -0.15) is 0 Å². The molecule has 7 aromatic carbocycles. The Morgan fingerprint density at radius 1 is 0.356 bits per heavy atom. The molecular formula is C56H43N3. The lowest BCUT2D eigenvalue weighted by Crippen LogP contribution is -2.01. The molecule has 10 aromatic rings. The summed E-state index contributed by atoms with van der Waals surface area (Å²) < 4.78 is 7.10. The van der Waals surface area contributed by atoms with Crippen LogP contribution in [0.2, 0.25) is 0 Å². The van der Waals surface area contributed by atoms with Crippen LogP contribution in [0.25, 0.3) is 95.1 Å². The Kier molecular flexibility index (Phi) is 8.92. The lowest BCUT2D eigenvalue weighted by molar-refractivity contribution is 1.03. The van der Waals surface area contributed by atoms with Crippen LogP contribution in [0.15, 0.2) is 201 Å². The van der Waals surface area contributed by atoms with Gasteiger partial charge in [-0.05, 0) is 132 Å². The second-order valence-corrected chi connectivity index (χ2v) is 15.1. The molecule has 282 valence electrons. The number of nitrogens with zero attached hydrogens (tertiary/aromatic N) is 3. The molecule has 0 atom stereocenters. The molecule has 3 nitrogen and oxygen atoms in total. The lowest BCUT2D eigenvalue weighted by atomic mass is 10.0. The highest BCUT2D eigenvalue weighted by molar-refractivity contribution is 6.12. The summed E-state index contributed by atoms with van der Waals surface area (Å²) in [7, 11) is 0. The SMILES string of the molecule is C=C/C=C\c1c(C)c(C)c(/C=C\C=C)n1-c1ccc(-n2c3ccccc3c3cc(-c4ccc5c(c4)c4ccccc4n5-c4ccc(-c5ccccc5)cc4)ccc32)cc1. The van der Waals surface area contributed by atoms with Gasteiger partial charge in [0.2, 0.25) is 0 Å². The molecule has 0 unspecified atom stereocenters. The number of aromatic nitrogens is 3. The fourth-order valence-electron chi connectivity index (χ4n) is 8.89. The normalized spacial score (nSPS) is 11.9. The van der Waals surface area contributed by atoms with Crippen molar-refractivity contribution in [2.75, 3.05) is 0 Å². The van der Waals surface area contributed by atoms with Crippen LogP contribution in [0.5, 0.6) is 0 Å². The van der Waals surface area contributed by atoms with E-state index in [9.17, 15) is 0 Å². The van der Waals surface area contributed by atoms with Gasteiger partial charge in [0.25, 0.3) is 0 Å². The first-order chi connectivity index (χ1) is 29.0. The molecule has 0 bridgehead atoms. The van der Waals surface area contributed by atoms with Crippen molar-refractivity contribution in [3.8, 4) is 39.3 Å². The monoisotopic (exact) mass is 757 g/mol. The maximum absolute atomic E-state index is 3.92. The molecule has 0 saturated carbocycles. The van der Waals surface area contributed by atoms with E-state index < -0.39 is 0 Å². The largest absolute Gasteiger partial charge is 0.310 e. The van der Waals surface area contributed by atoms with Crippen LogP contribution >= 0.6 is 0 Å². The number of para-hydroxylation sites is 2. The number of fused-ring (bicyclic) bond motifs is 6. The average Bonchev–Trinajstić information content (AvgIpc) is 3.89. The van der Waals surface area contributed by atoms with E-state index in [1.807, 2.05) is 24.3 Å². The van der Waals surface area contributed by atoms with E-state index in [1.54, 1.807) is 0 Å². The Hall–Kier alpha value is -7.62. The Morgan fingerprint density at radius 2 is 0.729 bits per heavy atom. The van der Waals surface area contributed by atoms with Crippen molar-refractivity contribution in [1.82, 2.24) is 13.7 Å². The van der Waals surface area contributed by atoms with Crippen molar-refractivity contribution in [2.24, 2.45) is 0 Å². The zero-order chi connectivity index (χ0) is 40.0. The molecule has 0 amide bonds. The molecule has 0 saturated heterocycles. The molecule has 10 rings (SSSR count). The predicted molar refractivity (Wildman–Crippen MR) is 253 cm³/mol. The number of rotatable bonds is 9. The molecule has 0 fully saturated rings. The highest BCUT2D eigenvalue weighted by Crippen LogP contribution is 2.39. The second-order valence-electron chi connectivity index (χ2n) is 15.1. The van der Waals surface area contributed by atoms with Crippen molar-refractivity contribution in [3.05, 3.63) is 224 Å². The highest BCUT2D eigenvalue weighted by Gasteiger charge is 2.18. The third-order valence-electron chi connectivity index (χ3n) is 11.9. The van der Waals surface area contributed by atoms with Crippen LogP contribution in [-0.2, 0) is 0 Å². The molecule has 0 aliphatic heterocycles. The smallest absolute Gasteiger partial charge is 0.0541 e. The van der Waals surface area contributed by atoms with Gasteiger partial charge in [-0.15, -0.1) is 0 Å². The van der Waals surface area contributed by atoms with E-state index >= 15 is 0 Å². The fraction of sp³-hybridized carbons (Fsp3) is 0.0357. The molecule has 0 radical (unpaired) electrons.